The van der Waals surface area contributed by atoms with Crippen LogP contribution in [0.15, 0.2) is 53.5 Å². The van der Waals surface area contributed by atoms with E-state index < -0.39 is 12.2 Å². The fraction of sp³-hybridized carbons (Fsp3) is 0.409. The molecule has 0 saturated heterocycles. The Bertz CT molecular complexity index is 815. The van der Waals surface area contributed by atoms with Crippen molar-refractivity contribution < 1.29 is 23.4 Å². The van der Waals surface area contributed by atoms with Crippen molar-refractivity contribution in [2.45, 2.75) is 39.5 Å². The van der Waals surface area contributed by atoms with Crippen LogP contribution >= 0.6 is 0 Å². The normalized spacial score (nSPS) is 13.6. The highest BCUT2D eigenvalue weighted by molar-refractivity contribution is 5.79. The molecule has 0 fully saturated rings. The van der Waals surface area contributed by atoms with Gasteiger partial charge in [-0.1, -0.05) is 36.4 Å². The van der Waals surface area contributed by atoms with Gasteiger partial charge in [0.1, 0.15) is 5.60 Å². The first kappa shape index (κ1) is 23.4. The Hall–Kier alpha value is -2.87. The number of aliphatic imine (C=N–C) groups is 1. The Morgan fingerprint density at radius 3 is 2.47 bits per heavy atom. The van der Waals surface area contributed by atoms with Gasteiger partial charge in [-0.15, -0.1) is 0 Å². The Morgan fingerprint density at radius 2 is 1.83 bits per heavy atom. The predicted molar refractivity (Wildman–Crippen MR) is 113 cm³/mol. The first-order valence-electron chi connectivity index (χ1n) is 9.86. The van der Waals surface area contributed by atoms with Gasteiger partial charge >= 0.3 is 6.61 Å². The van der Waals surface area contributed by atoms with Crippen molar-refractivity contribution in [3.63, 3.8) is 0 Å². The summed E-state index contributed by atoms with van der Waals surface area (Å²) in [4.78, 5) is 4.51. The molecule has 164 valence electrons. The lowest BCUT2D eigenvalue weighted by atomic mass is 9.96. The SMILES string of the molecule is CCNC(=NCc1ccc(OC(F)F)c(OCC)c1)NCC(C)(O)c1ccccc1. The molecule has 2 aromatic rings. The summed E-state index contributed by atoms with van der Waals surface area (Å²) in [5.74, 6) is 0.763. The van der Waals surface area contributed by atoms with E-state index in [4.69, 9.17) is 4.74 Å². The summed E-state index contributed by atoms with van der Waals surface area (Å²) in [7, 11) is 0. The number of halogens is 2. The average Bonchev–Trinajstić information content (AvgIpc) is 2.72. The van der Waals surface area contributed by atoms with Gasteiger partial charge in [0, 0.05) is 6.54 Å². The standard InChI is InChI=1S/C22H29F2N3O3/c1-4-25-21(27-15-22(3,28)17-9-7-6-8-10-17)26-14-16-11-12-18(30-20(23)24)19(13-16)29-5-2/h6-13,20,28H,4-5,14-15H2,1-3H3,(H2,25,26,27). The molecule has 0 amide bonds. The average molecular weight is 421 g/mol. The monoisotopic (exact) mass is 421 g/mol. The summed E-state index contributed by atoms with van der Waals surface area (Å²) < 4.78 is 35.0. The van der Waals surface area contributed by atoms with Crippen molar-refractivity contribution in [2.75, 3.05) is 19.7 Å². The molecule has 3 N–H and O–H groups in total. The molecule has 6 nitrogen and oxygen atoms in total. The van der Waals surface area contributed by atoms with Gasteiger partial charge in [0.15, 0.2) is 17.5 Å². The highest BCUT2D eigenvalue weighted by Crippen LogP contribution is 2.30. The van der Waals surface area contributed by atoms with Gasteiger partial charge in [-0.2, -0.15) is 8.78 Å². The van der Waals surface area contributed by atoms with Crippen LogP contribution in [0.5, 0.6) is 11.5 Å². The molecule has 0 bridgehead atoms. The number of nitrogens with one attached hydrogen (secondary N) is 2. The third kappa shape index (κ3) is 7.18. The Morgan fingerprint density at radius 1 is 1.10 bits per heavy atom. The molecule has 0 radical (unpaired) electrons. The number of hydrogen-bond donors (Lipinski definition) is 3. The van der Waals surface area contributed by atoms with Crippen molar-refractivity contribution in [2.24, 2.45) is 4.99 Å². The molecule has 0 heterocycles. The maximum atomic E-state index is 12.5. The number of benzene rings is 2. The summed E-state index contributed by atoms with van der Waals surface area (Å²) in [6, 6.07) is 14.1. The molecule has 1 unspecified atom stereocenters. The highest BCUT2D eigenvalue weighted by atomic mass is 19.3. The summed E-state index contributed by atoms with van der Waals surface area (Å²) in [5, 5.41) is 17.0. The quantitative estimate of drug-likeness (QED) is 0.403. The Balaban J connectivity index is 2.09. The van der Waals surface area contributed by atoms with Crippen LogP contribution in [0, 0.1) is 0 Å². The van der Waals surface area contributed by atoms with Crippen molar-refractivity contribution in [1.82, 2.24) is 10.6 Å². The van der Waals surface area contributed by atoms with Crippen molar-refractivity contribution in [3.8, 4) is 11.5 Å². The van der Waals surface area contributed by atoms with Crippen LogP contribution in [0.2, 0.25) is 0 Å². The fourth-order valence-corrected chi connectivity index (χ4v) is 2.78. The van der Waals surface area contributed by atoms with Gasteiger partial charge in [-0.25, -0.2) is 4.99 Å². The molecule has 0 saturated carbocycles. The number of aliphatic hydroxyl groups is 1. The maximum Gasteiger partial charge on any atom is 0.387 e. The largest absolute Gasteiger partial charge is 0.490 e. The third-order valence-electron chi connectivity index (χ3n) is 4.28. The molecule has 8 heteroatoms. The minimum absolute atomic E-state index is 0.0106. The van der Waals surface area contributed by atoms with Gasteiger partial charge in [0.25, 0.3) is 0 Å². The van der Waals surface area contributed by atoms with Gasteiger partial charge in [-0.3, -0.25) is 0 Å². The Kier molecular flexibility index (Phi) is 8.86. The van der Waals surface area contributed by atoms with E-state index in [-0.39, 0.29) is 24.6 Å². The topological polar surface area (TPSA) is 75.1 Å². The molecule has 30 heavy (non-hydrogen) atoms. The lowest BCUT2D eigenvalue weighted by Gasteiger charge is -2.25. The lowest BCUT2D eigenvalue weighted by molar-refractivity contribution is -0.0514. The minimum Gasteiger partial charge on any atom is -0.490 e. The molecule has 2 rings (SSSR count). The van der Waals surface area contributed by atoms with Gasteiger partial charge in [0.05, 0.1) is 19.7 Å². The van der Waals surface area contributed by atoms with E-state index in [0.717, 1.165) is 11.1 Å². The second-order valence-electron chi connectivity index (χ2n) is 6.78. The van der Waals surface area contributed by atoms with E-state index in [1.807, 2.05) is 37.3 Å². The number of nitrogens with zero attached hydrogens (tertiary/aromatic N) is 1. The smallest absolute Gasteiger partial charge is 0.387 e. The first-order valence-corrected chi connectivity index (χ1v) is 9.86. The first-order chi connectivity index (χ1) is 14.4. The second kappa shape index (κ2) is 11.3. The molecular formula is C22H29F2N3O3. The highest BCUT2D eigenvalue weighted by Gasteiger charge is 2.23. The number of guanidine groups is 1. The van der Waals surface area contributed by atoms with E-state index in [1.165, 1.54) is 6.07 Å². The Labute approximate surface area is 175 Å². The lowest BCUT2D eigenvalue weighted by Crippen LogP contribution is -2.44. The molecule has 0 spiro atoms. The number of rotatable bonds is 10. The van der Waals surface area contributed by atoms with Gasteiger partial charge in [-0.05, 0) is 44.0 Å². The molecule has 0 aliphatic heterocycles. The van der Waals surface area contributed by atoms with Crippen molar-refractivity contribution in [3.05, 3.63) is 59.7 Å². The van der Waals surface area contributed by atoms with E-state index in [0.29, 0.717) is 19.1 Å². The van der Waals surface area contributed by atoms with Gasteiger partial charge in [0.2, 0.25) is 0 Å². The molecule has 0 aromatic heterocycles. The summed E-state index contributed by atoms with van der Waals surface area (Å²) in [6.07, 6.45) is 0. The predicted octanol–water partition coefficient (Wildman–Crippen LogP) is 3.65. The molecule has 0 aliphatic rings. The molecule has 0 aliphatic carbocycles. The van der Waals surface area contributed by atoms with E-state index in [2.05, 4.69) is 20.4 Å². The summed E-state index contributed by atoms with van der Waals surface area (Å²) in [6.45, 7) is 4.03. The van der Waals surface area contributed by atoms with Crippen LogP contribution in [0.1, 0.15) is 31.9 Å². The second-order valence-corrected chi connectivity index (χ2v) is 6.78. The number of hydrogen-bond acceptors (Lipinski definition) is 4. The number of ether oxygens (including phenoxy) is 2. The summed E-state index contributed by atoms with van der Waals surface area (Å²) in [5.41, 5.74) is 0.491. The third-order valence-corrected chi connectivity index (χ3v) is 4.28. The van der Waals surface area contributed by atoms with Crippen molar-refractivity contribution >= 4 is 5.96 Å². The van der Waals surface area contributed by atoms with Crippen LogP contribution < -0.4 is 20.1 Å². The number of alkyl halides is 2. The zero-order valence-corrected chi connectivity index (χ0v) is 17.5. The van der Waals surface area contributed by atoms with E-state index in [9.17, 15) is 13.9 Å². The zero-order chi connectivity index (χ0) is 22.0. The van der Waals surface area contributed by atoms with Crippen LogP contribution in [0.4, 0.5) is 8.78 Å². The van der Waals surface area contributed by atoms with Crippen LogP contribution in [0.25, 0.3) is 0 Å². The summed E-state index contributed by atoms with van der Waals surface area (Å²) >= 11 is 0. The van der Waals surface area contributed by atoms with Crippen LogP contribution in [-0.4, -0.2) is 37.4 Å². The van der Waals surface area contributed by atoms with Crippen LogP contribution in [-0.2, 0) is 12.1 Å². The molecule has 2 aromatic carbocycles. The zero-order valence-electron chi connectivity index (χ0n) is 17.5. The van der Waals surface area contributed by atoms with Crippen molar-refractivity contribution in [1.29, 1.82) is 0 Å². The van der Waals surface area contributed by atoms with Gasteiger partial charge < -0.3 is 25.2 Å². The molecular weight excluding hydrogens is 392 g/mol. The minimum atomic E-state index is -2.92. The van der Waals surface area contributed by atoms with Crippen LogP contribution in [0.3, 0.4) is 0 Å². The fourth-order valence-electron chi connectivity index (χ4n) is 2.78. The van der Waals surface area contributed by atoms with E-state index in [1.54, 1.807) is 26.0 Å². The molecule has 1 atom stereocenters. The van der Waals surface area contributed by atoms with E-state index >= 15 is 0 Å². The maximum absolute atomic E-state index is 12.5.